The fraction of sp³-hybridized carbons (Fsp3) is 0.600. The number of hydrogen-bond acceptors (Lipinski definition) is 5. The molecule has 0 amide bonds. The molecule has 0 aliphatic rings. The van der Waals surface area contributed by atoms with Crippen LogP contribution >= 0.6 is 15.9 Å². The summed E-state index contributed by atoms with van der Waals surface area (Å²) >= 11 is 3.35. The Labute approximate surface area is 104 Å². The van der Waals surface area contributed by atoms with Gasteiger partial charge in [0.15, 0.2) is 0 Å². The van der Waals surface area contributed by atoms with E-state index in [1.54, 1.807) is 13.2 Å². The summed E-state index contributed by atoms with van der Waals surface area (Å²) in [4.78, 5) is 10.4. The number of nitrogens with one attached hydrogen (secondary N) is 1. The summed E-state index contributed by atoms with van der Waals surface area (Å²) in [6.07, 6.45) is 2.65. The second-order valence-corrected chi connectivity index (χ2v) is 4.46. The van der Waals surface area contributed by atoms with Gasteiger partial charge in [0.05, 0.1) is 17.3 Å². The van der Waals surface area contributed by atoms with E-state index in [4.69, 9.17) is 4.74 Å². The van der Waals surface area contributed by atoms with Crippen molar-refractivity contribution in [1.82, 2.24) is 14.9 Å². The minimum atomic E-state index is 0.561. The molecule has 1 aromatic heterocycles. The van der Waals surface area contributed by atoms with Crippen molar-refractivity contribution in [3.8, 4) is 5.88 Å². The Morgan fingerprint density at radius 2 is 2.25 bits per heavy atom. The summed E-state index contributed by atoms with van der Waals surface area (Å²) in [6.45, 7) is 1.65. The molecule has 0 aliphatic heterocycles. The Bertz CT molecular complexity index is 333. The zero-order chi connectivity index (χ0) is 12.0. The Balaban J connectivity index is 2.46. The smallest absolute Gasteiger partial charge is 0.232 e. The second-order valence-electron chi connectivity index (χ2n) is 3.60. The fourth-order valence-electron chi connectivity index (χ4n) is 1.12. The van der Waals surface area contributed by atoms with Crippen molar-refractivity contribution >= 4 is 21.9 Å². The van der Waals surface area contributed by atoms with Gasteiger partial charge in [0, 0.05) is 13.6 Å². The molecule has 0 atom stereocenters. The van der Waals surface area contributed by atoms with Crippen LogP contribution in [0.2, 0.25) is 0 Å². The molecule has 0 unspecified atom stereocenters. The third-order valence-electron chi connectivity index (χ3n) is 1.92. The SMILES string of the molecule is CNc1ncc(Br)c(OCCCN(C)C)n1. The van der Waals surface area contributed by atoms with Crippen LogP contribution in [0.1, 0.15) is 6.42 Å². The molecule has 0 saturated heterocycles. The van der Waals surface area contributed by atoms with Gasteiger partial charge in [-0.1, -0.05) is 0 Å². The van der Waals surface area contributed by atoms with E-state index in [0.717, 1.165) is 17.4 Å². The molecule has 1 N–H and O–H groups in total. The number of halogens is 1. The summed E-state index contributed by atoms with van der Waals surface area (Å²) in [5.41, 5.74) is 0. The predicted octanol–water partition coefficient (Wildman–Crippen LogP) is 1.61. The molecule has 1 rings (SSSR count). The maximum Gasteiger partial charge on any atom is 0.232 e. The van der Waals surface area contributed by atoms with E-state index in [2.05, 4.69) is 36.1 Å². The van der Waals surface area contributed by atoms with E-state index in [0.29, 0.717) is 18.4 Å². The van der Waals surface area contributed by atoms with Gasteiger partial charge in [0.1, 0.15) is 0 Å². The van der Waals surface area contributed by atoms with Crippen LogP contribution in [-0.4, -0.2) is 49.2 Å². The Morgan fingerprint density at radius 3 is 2.88 bits per heavy atom. The van der Waals surface area contributed by atoms with Crippen molar-refractivity contribution in [3.63, 3.8) is 0 Å². The predicted molar refractivity (Wildman–Crippen MR) is 67.9 cm³/mol. The first-order valence-corrected chi connectivity index (χ1v) is 5.90. The van der Waals surface area contributed by atoms with Gasteiger partial charge >= 0.3 is 0 Å². The first kappa shape index (κ1) is 13.2. The normalized spacial score (nSPS) is 10.6. The van der Waals surface area contributed by atoms with Crippen LogP contribution in [0, 0.1) is 0 Å². The van der Waals surface area contributed by atoms with E-state index >= 15 is 0 Å². The van der Waals surface area contributed by atoms with Gasteiger partial charge in [-0.25, -0.2) is 4.98 Å². The van der Waals surface area contributed by atoms with Gasteiger partial charge in [-0.15, -0.1) is 0 Å². The number of ether oxygens (including phenoxy) is 1. The molecule has 0 radical (unpaired) electrons. The number of nitrogens with zero attached hydrogens (tertiary/aromatic N) is 3. The van der Waals surface area contributed by atoms with Gasteiger partial charge < -0.3 is 15.0 Å². The van der Waals surface area contributed by atoms with Crippen LogP contribution in [0.3, 0.4) is 0 Å². The van der Waals surface area contributed by atoms with Gasteiger partial charge in [0.25, 0.3) is 0 Å². The molecule has 1 aromatic rings. The van der Waals surface area contributed by atoms with Crippen molar-refractivity contribution in [2.45, 2.75) is 6.42 Å². The number of rotatable bonds is 6. The van der Waals surface area contributed by atoms with Gasteiger partial charge in [0.2, 0.25) is 11.8 Å². The first-order valence-electron chi connectivity index (χ1n) is 5.11. The summed E-state index contributed by atoms with van der Waals surface area (Å²) in [5.74, 6) is 1.14. The lowest BCUT2D eigenvalue weighted by atomic mass is 10.4. The van der Waals surface area contributed by atoms with Crippen LogP contribution in [0.5, 0.6) is 5.88 Å². The molecule has 0 fully saturated rings. The van der Waals surface area contributed by atoms with Crippen LogP contribution in [-0.2, 0) is 0 Å². The number of hydrogen-bond donors (Lipinski definition) is 1. The molecule has 6 heteroatoms. The molecule has 90 valence electrons. The minimum absolute atomic E-state index is 0.561. The van der Waals surface area contributed by atoms with Crippen LogP contribution in [0.15, 0.2) is 10.7 Å². The average Bonchev–Trinajstić information content (AvgIpc) is 2.26. The maximum absolute atomic E-state index is 5.57. The van der Waals surface area contributed by atoms with E-state index in [1.165, 1.54) is 0 Å². The fourth-order valence-corrected chi connectivity index (χ4v) is 1.43. The monoisotopic (exact) mass is 288 g/mol. The van der Waals surface area contributed by atoms with E-state index in [-0.39, 0.29) is 0 Å². The zero-order valence-corrected chi connectivity index (χ0v) is 11.4. The van der Waals surface area contributed by atoms with Crippen molar-refractivity contribution in [2.24, 2.45) is 0 Å². The third-order valence-corrected chi connectivity index (χ3v) is 2.47. The lowest BCUT2D eigenvalue weighted by Crippen LogP contribution is -2.16. The lowest BCUT2D eigenvalue weighted by Gasteiger charge is -2.11. The molecule has 0 saturated carbocycles. The maximum atomic E-state index is 5.57. The molecule has 0 aliphatic carbocycles. The molecule has 1 heterocycles. The quantitative estimate of drug-likeness (QED) is 0.806. The van der Waals surface area contributed by atoms with Crippen molar-refractivity contribution in [1.29, 1.82) is 0 Å². The van der Waals surface area contributed by atoms with Gasteiger partial charge in [-0.3, -0.25) is 0 Å². The largest absolute Gasteiger partial charge is 0.477 e. The van der Waals surface area contributed by atoms with E-state index in [9.17, 15) is 0 Å². The van der Waals surface area contributed by atoms with E-state index in [1.807, 2.05) is 14.1 Å². The third kappa shape index (κ3) is 4.32. The molecule has 0 spiro atoms. The average molecular weight is 289 g/mol. The number of aromatic nitrogens is 2. The first-order chi connectivity index (χ1) is 7.63. The highest BCUT2D eigenvalue weighted by Crippen LogP contribution is 2.22. The summed E-state index contributed by atoms with van der Waals surface area (Å²) < 4.78 is 6.34. The summed E-state index contributed by atoms with van der Waals surface area (Å²) in [6, 6.07) is 0. The highest BCUT2D eigenvalue weighted by atomic mass is 79.9. The van der Waals surface area contributed by atoms with Gasteiger partial charge in [-0.05, 0) is 36.4 Å². The minimum Gasteiger partial charge on any atom is -0.477 e. The van der Waals surface area contributed by atoms with Gasteiger partial charge in [-0.2, -0.15) is 4.98 Å². The van der Waals surface area contributed by atoms with Crippen LogP contribution in [0.4, 0.5) is 5.95 Å². The highest BCUT2D eigenvalue weighted by Gasteiger charge is 2.05. The summed E-state index contributed by atoms with van der Waals surface area (Å²) in [7, 11) is 5.86. The van der Waals surface area contributed by atoms with Crippen molar-refractivity contribution in [2.75, 3.05) is 39.6 Å². The Morgan fingerprint density at radius 1 is 1.50 bits per heavy atom. The second kappa shape index (κ2) is 6.65. The molecule has 0 bridgehead atoms. The molecule has 16 heavy (non-hydrogen) atoms. The Kier molecular flexibility index (Phi) is 5.48. The molecule has 5 nitrogen and oxygen atoms in total. The topological polar surface area (TPSA) is 50.3 Å². The van der Waals surface area contributed by atoms with E-state index < -0.39 is 0 Å². The summed E-state index contributed by atoms with van der Waals surface area (Å²) in [5, 5.41) is 2.87. The van der Waals surface area contributed by atoms with Crippen molar-refractivity contribution < 1.29 is 4.74 Å². The number of anilines is 1. The molecule has 0 aromatic carbocycles. The Hall–Kier alpha value is -0.880. The lowest BCUT2D eigenvalue weighted by molar-refractivity contribution is 0.271. The standard InChI is InChI=1S/C10H17BrN4O/c1-12-10-13-7-8(11)9(14-10)16-6-4-5-15(2)3/h7H,4-6H2,1-3H3,(H,12,13,14). The van der Waals surface area contributed by atoms with Crippen LogP contribution < -0.4 is 10.1 Å². The molecular formula is C10H17BrN4O. The van der Waals surface area contributed by atoms with Crippen molar-refractivity contribution in [3.05, 3.63) is 10.7 Å². The molecular weight excluding hydrogens is 272 g/mol. The zero-order valence-electron chi connectivity index (χ0n) is 9.83. The highest BCUT2D eigenvalue weighted by molar-refractivity contribution is 9.10. The van der Waals surface area contributed by atoms with Crippen LogP contribution in [0.25, 0.3) is 0 Å².